The molecule has 1 heterocycles. The van der Waals surface area contributed by atoms with Gasteiger partial charge in [-0.2, -0.15) is 11.8 Å². The van der Waals surface area contributed by atoms with Gasteiger partial charge in [0.2, 0.25) is 0 Å². The lowest BCUT2D eigenvalue weighted by atomic mass is 10.4. The number of hydrogen-bond donors (Lipinski definition) is 2. The molecule has 1 atom stereocenters. The van der Waals surface area contributed by atoms with Gasteiger partial charge in [0.15, 0.2) is 0 Å². The molecule has 1 aromatic rings. The summed E-state index contributed by atoms with van der Waals surface area (Å²) in [5.74, 6) is 0.503. The number of carbonyl (C=O) groups is 1. The maximum Gasteiger partial charge on any atom is 0.271 e. The smallest absolute Gasteiger partial charge is 0.271 e. The molecule has 0 saturated carbocycles. The number of thioether (sulfide) groups is 1. The topological polar surface area (TPSA) is 66.9 Å². The summed E-state index contributed by atoms with van der Waals surface area (Å²) < 4.78 is 0. The molecule has 6 heteroatoms. The van der Waals surface area contributed by atoms with Crippen molar-refractivity contribution in [1.29, 1.82) is 0 Å². The molecular weight excluding hydrogens is 236 g/mol. The lowest BCUT2D eigenvalue weighted by Crippen LogP contribution is -2.30. The quantitative estimate of drug-likeness (QED) is 0.803. The van der Waals surface area contributed by atoms with E-state index in [1.54, 1.807) is 18.0 Å². The maximum atomic E-state index is 11.7. The van der Waals surface area contributed by atoms with Gasteiger partial charge in [0.25, 0.3) is 5.91 Å². The monoisotopic (exact) mass is 254 g/mol. The molecule has 0 fully saturated rings. The third kappa shape index (κ3) is 4.60. The number of aromatic nitrogens is 2. The Kier molecular flexibility index (Phi) is 5.76. The highest BCUT2D eigenvalue weighted by atomic mass is 32.2. The zero-order chi connectivity index (χ0) is 12.7. The zero-order valence-electron chi connectivity index (χ0n) is 10.4. The van der Waals surface area contributed by atoms with Crippen LogP contribution in [0.2, 0.25) is 0 Å². The first-order valence-electron chi connectivity index (χ1n) is 5.54. The van der Waals surface area contributed by atoms with Crippen molar-refractivity contribution in [2.24, 2.45) is 0 Å². The molecule has 0 aliphatic carbocycles. The van der Waals surface area contributed by atoms with Crippen molar-refractivity contribution in [3.8, 4) is 0 Å². The second-order valence-corrected chi connectivity index (χ2v) is 4.85. The van der Waals surface area contributed by atoms with Gasteiger partial charge in [0.05, 0.1) is 12.4 Å². The van der Waals surface area contributed by atoms with E-state index in [2.05, 4.69) is 27.5 Å². The van der Waals surface area contributed by atoms with Gasteiger partial charge in [-0.25, -0.2) is 9.97 Å². The third-order valence-corrected chi connectivity index (χ3v) is 3.17. The highest BCUT2D eigenvalue weighted by molar-refractivity contribution is 7.99. The van der Waals surface area contributed by atoms with E-state index in [9.17, 15) is 4.79 Å². The lowest BCUT2D eigenvalue weighted by Gasteiger charge is -2.09. The molecule has 1 unspecified atom stereocenters. The van der Waals surface area contributed by atoms with Crippen LogP contribution in [0.3, 0.4) is 0 Å². The normalized spacial score (nSPS) is 11.9. The minimum Gasteiger partial charge on any atom is -0.369 e. The average Bonchev–Trinajstić information content (AvgIpc) is 2.36. The fourth-order valence-corrected chi connectivity index (χ4v) is 1.38. The first kappa shape index (κ1) is 13.8. The Hall–Kier alpha value is -1.30. The molecule has 0 bridgehead atoms. The van der Waals surface area contributed by atoms with Crippen LogP contribution < -0.4 is 10.6 Å². The van der Waals surface area contributed by atoms with Crippen molar-refractivity contribution < 1.29 is 4.79 Å². The predicted molar refractivity (Wildman–Crippen MR) is 71.5 cm³/mol. The predicted octanol–water partition coefficient (Wildman–Crippen LogP) is 1.39. The van der Waals surface area contributed by atoms with E-state index >= 15 is 0 Å². The molecular formula is C11H18N4OS. The summed E-state index contributed by atoms with van der Waals surface area (Å²) in [5.41, 5.74) is 0.347. The van der Waals surface area contributed by atoms with Crippen LogP contribution in [0.5, 0.6) is 0 Å². The number of hydrogen-bond acceptors (Lipinski definition) is 5. The fourth-order valence-electron chi connectivity index (χ4n) is 1.13. The summed E-state index contributed by atoms with van der Waals surface area (Å²) in [7, 11) is 0. The Labute approximate surface area is 106 Å². The van der Waals surface area contributed by atoms with Crippen LogP contribution in [0.4, 0.5) is 5.82 Å². The molecule has 5 nitrogen and oxygen atoms in total. The molecule has 2 N–H and O–H groups in total. The molecule has 17 heavy (non-hydrogen) atoms. The molecule has 1 aromatic heterocycles. The molecule has 0 aliphatic rings. The minimum absolute atomic E-state index is 0.179. The Balaban J connectivity index is 2.51. The molecule has 1 rings (SSSR count). The van der Waals surface area contributed by atoms with Crippen LogP contribution in [0.25, 0.3) is 0 Å². The first-order valence-corrected chi connectivity index (χ1v) is 6.83. The lowest BCUT2D eigenvalue weighted by molar-refractivity contribution is 0.0949. The van der Waals surface area contributed by atoms with Gasteiger partial charge in [0, 0.05) is 18.3 Å². The van der Waals surface area contributed by atoms with Gasteiger partial charge >= 0.3 is 0 Å². The number of rotatable bonds is 6. The molecule has 1 amide bonds. The van der Waals surface area contributed by atoms with Crippen LogP contribution in [-0.2, 0) is 0 Å². The van der Waals surface area contributed by atoms with E-state index < -0.39 is 0 Å². The second-order valence-electron chi connectivity index (χ2n) is 3.57. The summed E-state index contributed by atoms with van der Waals surface area (Å²) in [5, 5.41) is 6.24. The van der Waals surface area contributed by atoms with E-state index in [4.69, 9.17) is 0 Å². The van der Waals surface area contributed by atoms with E-state index in [1.165, 1.54) is 6.20 Å². The highest BCUT2D eigenvalue weighted by Crippen LogP contribution is 2.04. The number of nitrogens with zero attached hydrogens (tertiary/aromatic N) is 2. The highest BCUT2D eigenvalue weighted by Gasteiger charge is 2.08. The second kappa shape index (κ2) is 7.11. The van der Waals surface area contributed by atoms with Gasteiger partial charge in [-0.1, -0.05) is 6.92 Å². The zero-order valence-corrected chi connectivity index (χ0v) is 11.2. The number of anilines is 1. The Bertz CT molecular complexity index is 355. The van der Waals surface area contributed by atoms with Crippen molar-refractivity contribution >= 4 is 23.5 Å². The summed E-state index contributed by atoms with van der Waals surface area (Å²) in [6.07, 6.45) is 5.06. The Morgan fingerprint density at radius 2 is 2.24 bits per heavy atom. The van der Waals surface area contributed by atoms with E-state index in [0.29, 0.717) is 23.3 Å². The van der Waals surface area contributed by atoms with Gasteiger partial charge in [-0.3, -0.25) is 4.79 Å². The minimum atomic E-state index is -0.179. The number of nitrogens with one attached hydrogen (secondary N) is 2. The van der Waals surface area contributed by atoms with Crippen molar-refractivity contribution in [2.45, 2.75) is 19.1 Å². The maximum absolute atomic E-state index is 11.7. The largest absolute Gasteiger partial charge is 0.369 e. The van der Waals surface area contributed by atoms with Gasteiger partial charge in [0.1, 0.15) is 11.5 Å². The van der Waals surface area contributed by atoms with E-state index in [0.717, 1.165) is 6.54 Å². The summed E-state index contributed by atoms with van der Waals surface area (Å²) >= 11 is 1.71. The number of amides is 1. The molecule has 0 saturated heterocycles. The molecule has 0 radical (unpaired) electrons. The summed E-state index contributed by atoms with van der Waals surface area (Å²) in [6.45, 7) is 5.46. The van der Waals surface area contributed by atoms with E-state index in [-0.39, 0.29) is 5.91 Å². The van der Waals surface area contributed by atoms with Crippen LogP contribution >= 0.6 is 11.8 Å². The van der Waals surface area contributed by atoms with Crippen molar-refractivity contribution in [1.82, 2.24) is 15.3 Å². The first-order chi connectivity index (χ1) is 8.17. The average molecular weight is 254 g/mol. The summed E-state index contributed by atoms with van der Waals surface area (Å²) in [6, 6.07) is 0. The fraction of sp³-hybridized carbons (Fsp3) is 0.545. The standard InChI is InChI=1S/C11H18N4OS/c1-4-12-10-7-13-9(6-14-10)11(16)15-5-8(2)17-3/h6-8H,4-5H2,1-3H3,(H,12,14)(H,15,16). The molecule has 0 spiro atoms. The Morgan fingerprint density at radius 3 is 2.76 bits per heavy atom. The number of carbonyl (C=O) groups excluding carboxylic acids is 1. The Morgan fingerprint density at radius 1 is 1.47 bits per heavy atom. The van der Waals surface area contributed by atoms with Crippen LogP contribution in [0, 0.1) is 0 Å². The molecule has 0 aromatic carbocycles. The van der Waals surface area contributed by atoms with Crippen molar-refractivity contribution in [2.75, 3.05) is 24.7 Å². The van der Waals surface area contributed by atoms with Crippen LogP contribution in [0.1, 0.15) is 24.3 Å². The van der Waals surface area contributed by atoms with Crippen LogP contribution in [0.15, 0.2) is 12.4 Å². The summed E-state index contributed by atoms with van der Waals surface area (Å²) in [4.78, 5) is 19.8. The SMILES string of the molecule is CCNc1cnc(C(=O)NCC(C)SC)cn1. The van der Waals surface area contributed by atoms with Crippen LogP contribution in [-0.4, -0.2) is 40.5 Å². The van der Waals surface area contributed by atoms with E-state index in [1.807, 2.05) is 13.2 Å². The van der Waals surface area contributed by atoms with Crippen molar-refractivity contribution in [3.05, 3.63) is 18.1 Å². The third-order valence-electron chi connectivity index (χ3n) is 2.19. The molecule has 0 aliphatic heterocycles. The van der Waals surface area contributed by atoms with Crippen molar-refractivity contribution in [3.63, 3.8) is 0 Å². The van der Waals surface area contributed by atoms with Gasteiger partial charge < -0.3 is 10.6 Å². The van der Waals surface area contributed by atoms with Gasteiger partial charge in [-0.05, 0) is 13.2 Å². The van der Waals surface area contributed by atoms with Gasteiger partial charge in [-0.15, -0.1) is 0 Å². The molecule has 94 valence electrons.